The fraction of sp³-hybridized carbons (Fsp3) is 0.389. The highest BCUT2D eigenvalue weighted by atomic mass is 32.2. The average Bonchev–Trinajstić information content (AvgIpc) is 1.20. The van der Waals surface area contributed by atoms with Gasteiger partial charge in [0.25, 0.3) is 0 Å². The van der Waals surface area contributed by atoms with Crippen LogP contribution in [0.15, 0.2) is 240 Å². The Balaban J connectivity index is 0.000000197. The summed E-state index contributed by atoms with van der Waals surface area (Å²) in [4.78, 5) is 21.4. The third-order valence-corrected chi connectivity index (χ3v) is 24.7. The van der Waals surface area contributed by atoms with E-state index in [4.69, 9.17) is 4.74 Å². The molecule has 578 valence electrons. The Morgan fingerprint density at radius 2 is 1.00 bits per heavy atom. The summed E-state index contributed by atoms with van der Waals surface area (Å²) in [6, 6.07) is 64.6. The third kappa shape index (κ3) is 26.1. The van der Waals surface area contributed by atoms with Crippen molar-refractivity contribution in [2.75, 3.05) is 5.32 Å². The van der Waals surface area contributed by atoms with Crippen LogP contribution in [-0.4, -0.2) is 74.8 Å². The first-order chi connectivity index (χ1) is 49.8. The van der Waals surface area contributed by atoms with E-state index in [0.29, 0.717) is 44.2 Å². The van der Waals surface area contributed by atoms with Gasteiger partial charge in [-0.05, 0) is 224 Å². The van der Waals surface area contributed by atoms with E-state index in [0.717, 1.165) is 51.9 Å². The van der Waals surface area contributed by atoms with E-state index in [-0.39, 0.29) is 16.1 Å². The smallest absolute Gasteiger partial charge is 0.190 e. The van der Waals surface area contributed by atoms with Crippen LogP contribution in [0.3, 0.4) is 0 Å². The number of hydrogen-bond acceptors (Lipinski definition) is 13. The number of ether oxygens (including phenoxy) is 1. The van der Waals surface area contributed by atoms with Gasteiger partial charge < -0.3 is 10.1 Å². The van der Waals surface area contributed by atoms with Crippen LogP contribution in [0.2, 0.25) is 0 Å². The molecule has 1 aliphatic heterocycles. The topological polar surface area (TPSA) is 202 Å². The van der Waals surface area contributed by atoms with E-state index in [1.54, 1.807) is 133 Å². The quantitative estimate of drug-likeness (QED) is 0.136. The SMILES string of the molecule is C=C1Nc2ccc(S(=O)(=O)C(C)(C)C)cc2O1.CC(C)(C)CCc1cccc2ccccc12.CC(C)(C)Cc1ccc(-n2cncn2)cc1.CC(C)(C)Cc1ccc2ccccc2n1.CC(C)(C)S(=O)(=O)c1ccc2ccccc2c1.CC(C)(C)S(=O)(=O)c1ccccc1.Cc1cc(C)n(CC(=O)C(C)(C)C)n1. The summed E-state index contributed by atoms with van der Waals surface area (Å²) >= 11 is 0. The summed E-state index contributed by atoms with van der Waals surface area (Å²) in [7, 11) is -9.80. The molecule has 108 heavy (non-hydrogen) atoms. The van der Waals surface area contributed by atoms with Crippen LogP contribution in [0.25, 0.3) is 38.1 Å². The summed E-state index contributed by atoms with van der Waals surface area (Å²) in [6.45, 7) is 49.4. The summed E-state index contributed by atoms with van der Waals surface area (Å²) < 4.78 is 79.3. The van der Waals surface area contributed by atoms with Gasteiger partial charge >= 0.3 is 0 Å². The number of anilines is 1. The van der Waals surface area contributed by atoms with Crippen LogP contribution < -0.4 is 10.1 Å². The number of fused-ring (bicyclic) bond motifs is 4. The van der Waals surface area contributed by atoms with E-state index in [9.17, 15) is 30.0 Å². The van der Waals surface area contributed by atoms with Crippen molar-refractivity contribution in [3.8, 4) is 11.4 Å². The normalized spacial score (nSPS) is 12.6. The maximum absolute atomic E-state index is 12.3. The van der Waals surface area contributed by atoms with Crippen LogP contribution in [-0.2, 0) is 60.1 Å². The molecule has 8 aromatic carbocycles. The largest absolute Gasteiger partial charge is 0.439 e. The number of pyridine rings is 1. The molecular formula is C90H117N7O8S3. The van der Waals surface area contributed by atoms with Crippen LogP contribution >= 0.6 is 0 Å². The number of aromatic nitrogens is 6. The van der Waals surface area contributed by atoms with Crippen LogP contribution in [0.1, 0.15) is 180 Å². The molecule has 3 aromatic heterocycles. The third-order valence-electron chi connectivity index (χ3n) is 17.3. The highest BCUT2D eigenvalue weighted by molar-refractivity contribution is 7.93. The number of aryl methyl sites for hydroxylation is 3. The molecule has 0 amide bonds. The van der Waals surface area contributed by atoms with Crippen LogP contribution in [0, 0.1) is 35.5 Å². The van der Waals surface area contributed by atoms with Crippen molar-refractivity contribution in [1.29, 1.82) is 0 Å². The Hall–Kier alpha value is -9.10. The molecule has 15 nitrogen and oxygen atoms in total. The number of nitrogens with one attached hydrogen (secondary N) is 1. The minimum absolute atomic E-state index is 0.212. The predicted octanol–water partition coefficient (Wildman–Crippen LogP) is 21.8. The standard InChI is InChI=1S/C16H20.C14H17N.C14H16O2S.C13H17N3.C12H15NO3S.C11H18N2O.C10H14O2S/c1-16(2,3)12-11-14-9-6-8-13-7-4-5-10-15(13)14;1-14(2,3)10-12-9-8-11-6-4-5-7-13(11)15-12;1-14(2,3)17(15,16)13-9-8-11-6-4-5-7-12(11)10-13;1-13(2,3)8-11-4-6-12(7-5-11)16-10-14-9-15-16;1-8-13-10-6-5-9(7-11(10)16-8)17(14,15)12(2,3)4;1-8-6-9(2)13(12-8)7-10(14)11(3,4)5;1-10(2,3)13(11,12)9-7-5-4-6-8-9/h4-10H,11-12H2,1-3H3;4-9H,10H2,1-3H3;4-10H,1-3H3;4-7,9-10H,8H2,1-3H3;5-7,13H,1H2,2-4H3;6H,7H2,1-5H3;4-8H,1-3H3. The molecule has 0 spiro atoms. The number of carbonyl (C=O) groups excluding carboxylic acids is 1. The number of carbonyl (C=O) groups is 1. The molecule has 12 rings (SSSR count). The zero-order chi connectivity index (χ0) is 80.7. The number of ketones is 1. The van der Waals surface area contributed by atoms with Gasteiger partial charge in [-0.2, -0.15) is 10.2 Å². The van der Waals surface area contributed by atoms with Gasteiger partial charge in [0.05, 0.1) is 51.5 Å². The molecule has 0 saturated carbocycles. The van der Waals surface area contributed by atoms with E-state index in [1.165, 1.54) is 51.9 Å². The lowest BCUT2D eigenvalue weighted by atomic mass is 9.87. The lowest BCUT2D eigenvalue weighted by Gasteiger charge is -2.19. The highest BCUT2D eigenvalue weighted by Gasteiger charge is 2.34. The van der Waals surface area contributed by atoms with Crippen molar-refractivity contribution in [2.24, 2.45) is 21.7 Å². The van der Waals surface area contributed by atoms with Gasteiger partial charge in [0.1, 0.15) is 19.2 Å². The van der Waals surface area contributed by atoms with E-state index in [1.807, 2.05) is 89.2 Å². The van der Waals surface area contributed by atoms with Gasteiger partial charge in [0, 0.05) is 28.3 Å². The Morgan fingerprint density at radius 1 is 0.491 bits per heavy atom. The number of Topliss-reactive ketones (excluding diaryl/α,β-unsaturated/α-hetero) is 1. The Bertz CT molecular complexity index is 5150. The molecule has 0 fully saturated rings. The van der Waals surface area contributed by atoms with Crippen LogP contribution in [0.5, 0.6) is 5.75 Å². The van der Waals surface area contributed by atoms with Gasteiger partial charge in [0.2, 0.25) is 0 Å². The van der Waals surface area contributed by atoms with Gasteiger partial charge in [-0.15, -0.1) is 0 Å². The Labute approximate surface area is 645 Å². The lowest BCUT2D eigenvalue weighted by molar-refractivity contribution is -0.127. The zero-order valence-electron chi connectivity index (χ0n) is 68.1. The fourth-order valence-electron chi connectivity index (χ4n) is 10.9. The Kier molecular flexibility index (Phi) is 29.2. The average molecular weight is 1520 g/mol. The van der Waals surface area contributed by atoms with E-state index >= 15 is 0 Å². The minimum Gasteiger partial charge on any atom is -0.439 e. The number of sulfone groups is 3. The zero-order valence-corrected chi connectivity index (χ0v) is 70.6. The van der Waals surface area contributed by atoms with Crippen molar-refractivity contribution in [2.45, 2.75) is 220 Å². The second kappa shape index (κ2) is 36.0. The second-order valence-corrected chi connectivity index (χ2v) is 43.0. The molecule has 0 saturated heterocycles. The summed E-state index contributed by atoms with van der Waals surface area (Å²) in [5, 5.41) is 17.3. The van der Waals surface area contributed by atoms with Crippen molar-refractivity contribution >= 4 is 73.4 Å². The lowest BCUT2D eigenvalue weighted by Crippen LogP contribution is -2.27. The van der Waals surface area contributed by atoms with Gasteiger partial charge in [-0.3, -0.25) is 14.5 Å². The summed E-state index contributed by atoms with van der Waals surface area (Å²) in [5.74, 6) is 1.12. The molecule has 0 bridgehead atoms. The minimum atomic E-state index is -3.35. The van der Waals surface area contributed by atoms with Gasteiger partial charge in [0.15, 0.2) is 46.9 Å². The first-order valence-electron chi connectivity index (χ1n) is 36.7. The molecule has 1 N–H and O–H groups in total. The van der Waals surface area contributed by atoms with Crippen molar-refractivity contribution in [1.82, 2.24) is 29.5 Å². The monoisotopic (exact) mass is 1520 g/mol. The molecule has 18 heteroatoms. The molecule has 0 radical (unpaired) electrons. The molecular weight excluding hydrogens is 1400 g/mol. The summed E-state index contributed by atoms with van der Waals surface area (Å²) in [6.07, 6.45) is 7.77. The van der Waals surface area contributed by atoms with Gasteiger partial charge in [-0.1, -0.05) is 210 Å². The molecule has 0 aliphatic carbocycles. The molecule has 0 unspecified atom stereocenters. The second-order valence-electron chi connectivity index (χ2n) is 34.9. The van der Waals surface area contributed by atoms with Gasteiger partial charge in [-0.25, -0.2) is 34.9 Å². The molecule has 4 heterocycles. The maximum Gasteiger partial charge on any atom is 0.190 e. The van der Waals surface area contributed by atoms with E-state index < -0.39 is 43.8 Å². The van der Waals surface area contributed by atoms with Crippen LogP contribution in [0.4, 0.5) is 5.69 Å². The maximum atomic E-state index is 12.3. The molecule has 11 aromatic rings. The number of benzene rings is 8. The highest BCUT2D eigenvalue weighted by Crippen LogP contribution is 2.38. The first kappa shape index (κ1) is 87.8. The Morgan fingerprint density at radius 3 is 1.54 bits per heavy atom. The fourth-order valence-corrected chi connectivity index (χ4v) is 14.5. The molecule has 1 aliphatic rings. The van der Waals surface area contributed by atoms with E-state index in [2.05, 4.69) is 185 Å². The number of para-hydroxylation sites is 1. The van der Waals surface area contributed by atoms with Crippen molar-refractivity contribution in [3.63, 3.8) is 0 Å². The number of nitrogens with zero attached hydrogens (tertiary/aromatic N) is 6. The first-order valence-corrected chi connectivity index (χ1v) is 41.2. The van der Waals surface area contributed by atoms with Crippen molar-refractivity contribution in [3.05, 3.63) is 254 Å². The number of rotatable bonds is 10. The summed E-state index contributed by atoms with van der Waals surface area (Å²) in [5.41, 5.74) is 9.67. The predicted molar refractivity (Wildman–Crippen MR) is 448 cm³/mol. The molecule has 0 atom stereocenters. The number of hydrogen-bond donors (Lipinski definition) is 1. The van der Waals surface area contributed by atoms with Crippen molar-refractivity contribution < 1.29 is 34.8 Å².